The summed E-state index contributed by atoms with van der Waals surface area (Å²) in [6.45, 7) is 1.01. The number of nitrogens with zero attached hydrogens (tertiary/aromatic N) is 3. The molecule has 1 saturated carbocycles. The summed E-state index contributed by atoms with van der Waals surface area (Å²) < 4.78 is 28.7. The van der Waals surface area contributed by atoms with Gasteiger partial charge in [0.05, 0.1) is 17.4 Å². The normalized spacial score (nSPS) is 27.0. The van der Waals surface area contributed by atoms with Crippen LogP contribution in [0.2, 0.25) is 5.02 Å². The maximum absolute atomic E-state index is 14.9. The molecule has 5 rings (SSSR count). The van der Waals surface area contributed by atoms with E-state index in [0.717, 1.165) is 31.2 Å². The highest BCUT2D eigenvalue weighted by atomic mass is 35.5. The van der Waals surface area contributed by atoms with Crippen LogP contribution in [-0.4, -0.2) is 47.3 Å². The standard InChI is InChI=1S/C23H28ClFN5O2P/c24-16-13-26-23(27-14-16)30-7-9-33(32,10-8-30)21-12-15(5-6-19(21)25)11-20-17-3-1-2-4-18(17)22(31)29-28-20/h5-6,12-14,17-18,20,28H,1-4,7-11H2,(H,29,31). The molecule has 3 aliphatic rings. The lowest BCUT2D eigenvalue weighted by Gasteiger charge is -2.41. The number of amides is 1. The van der Waals surface area contributed by atoms with Gasteiger partial charge in [0.15, 0.2) is 0 Å². The number of fused-ring (bicyclic) bond motifs is 1. The van der Waals surface area contributed by atoms with Gasteiger partial charge in [-0.25, -0.2) is 19.8 Å². The van der Waals surface area contributed by atoms with Crippen LogP contribution in [0, 0.1) is 17.7 Å². The summed E-state index contributed by atoms with van der Waals surface area (Å²) in [6.07, 6.45) is 8.66. The lowest BCUT2D eigenvalue weighted by atomic mass is 9.72. The second-order valence-corrected chi connectivity index (χ2v) is 12.9. The third kappa shape index (κ3) is 4.66. The summed E-state index contributed by atoms with van der Waals surface area (Å²) >= 11 is 5.87. The Morgan fingerprint density at radius 3 is 2.64 bits per heavy atom. The van der Waals surface area contributed by atoms with Gasteiger partial charge in [0.25, 0.3) is 0 Å². The Labute approximate surface area is 197 Å². The number of benzene rings is 1. The molecule has 176 valence electrons. The average molecular weight is 492 g/mol. The van der Waals surface area contributed by atoms with Crippen LogP contribution in [0.5, 0.6) is 0 Å². The van der Waals surface area contributed by atoms with Gasteiger partial charge < -0.3 is 9.46 Å². The first-order valence-electron chi connectivity index (χ1n) is 11.6. The molecule has 2 N–H and O–H groups in total. The number of rotatable bonds is 4. The molecule has 0 radical (unpaired) electrons. The maximum atomic E-state index is 14.9. The number of anilines is 1. The molecule has 1 aliphatic carbocycles. The SMILES string of the molecule is O=C1NNC(Cc2ccc(F)c(P3(=O)CCN(c4ncc(Cl)cn4)CC3)c2)C2CCCCC12. The third-order valence-electron chi connectivity index (χ3n) is 7.31. The highest BCUT2D eigenvalue weighted by molar-refractivity contribution is 7.71. The topological polar surface area (TPSA) is 87.2 Å². The van der Waals surface area contributed by atoms with Crippen LogP contribution >= 0.6 is 18.7 Å². The lowest BCUT2D eigenvalue weighted by Crippen LogP contribution is -2.60. The Hall–Kier alpha value is -2.02. The molecule has 2 aliphatic heterocycles. The minimum Gasteiger partial charge on any atom is -0.340 e. The Bertz CT molecular complexity index is 1070. The van der Waals surface area contributed by atoms with E-state index in [4.69, 9.17) is 11.6 Å². The predicted molar refractivity (Wildman–Crippen MR) is 127 cm³/mol. The Morgan fingerprint density at radius 1 is 1.15 bits per heavy atom. The van der Waals surface area contributed by atoms with Crippen LogP contribution in [0.3, 0.4) is 0 Å². The van der Waals surface area contributed by atoms with Crippen molar-refractivity contribution in [3.63, 3.8) is 0 Å². The van der Waals surface area contributed by atoms with Gasteiger partial charge in [-0.15, -0.1) is 0 Å². The van der Waals surface area contributed by atoms with Gasteiger partial charge in [-0.2, -0.15) is 0 Å². The van der Waals surface area contributed by atoms with Gasteiger partial charge >= 0.3 is 0 Å². The molecule has 3 unspecified atom stereocenters. The number of hydrogen-bond acceptors (Lipinski definition) is 6. The Kier molecular flexibility index (Phi) is 6.43. The molecular formula is C23H28ClFN5O2P. The summed E-state index contributed by atoms with van der Waals surface area (Å²) in [5.41, 5.74) is 6.95. The molecule has 1 amide bonds. The Morgan fingerprint density at radius 2 is 1.88 bits per heavy atom. The fourth-order valence-corrected chi connectivity index (χ4v) is 8.28. The number of aromatic nitrogens is 2. The van der Waals surface area contributed by atoms with E-state index < -0.39 is 13.0 Å². The van der Waals surface area contributed by atoms with Crippen LogP contribution in [0.4, 0.5) is 10.3 Å². The van der Waals surface area contributed by atoms with Crippen molar-refractivity contribution in [2.45, 2.75) is 38.1 Å². The molecule has 3 fully saturated rings. The molecule has 1 aromatic carbocycles. The minimum atomic E-state index is -2.88. The summed E-state index contributed by atoms with van der Waals surface area (Å²) in [5.74, 6) is 0.546. The van der Waals surface area contributed by atoms with Crippen LogP contribution in [0.1, 0.15) is 31.2 Å². The second kappa shape index (κ2) is 9.32. The van der Waals surface area contributed by atoms with Crippen LogP contribution in [0.15, 0.2) is 30.6 Å². The zero-order valence-electron chi connectivity index (χ0n) is 18.3. The van der Waals surface area contributed by atoms with Gasteiger partial charge in [-0.1, -0.05) is 30.5 Å². The second-order valence-electron chi connectivity index (χ2n) is 9.31. The van der Waals surface area contributed by atoms with Gasteiger partial charge in [0.1, 0.15) is 13.0 Å². The number of hydrazine groups is 1. The molecular weight excluding hydrogens is 464 g/mol. The van der Waals surface area contributed by atoms with E-state index >= 15 is 0 Å². The molecule has 7 nitrogen and oxygen atoms in total. The van der Waals surface area contributed by atoms with Gasteiger partial charge in [-0.3, -0.25) is 10.2 Å². The van der Waals surface area contributed by atoms with Gasteiger partial charge in [0.2, 0.25) is 11.9 Å². The van der Waals surface area contributed by atoms with Crippen molar-refractivity contribution in [2.24, 2.45) is 11.8 Å². The Balaban J connectivity index is 1.31. The average Bonchev–Trinajstić information content (AvgIpc) is 2.83. The molecule has 3 atom stereocenters. The summed E-state index contributed by atoms with van der Waals surface area (Å²) in [5, 5.41) is 0.809. The van der Waals surface area contributed by atoms with Crippen molar-refractivity contribution >= 4 is 35.9 Å². The van der Waals surface area contributed by atoms with E-state index in [2.05, 4.69) is 20.8 Å². The van der Waals surface area contributed by atoms with Crippen molar-refractivity contribution in [1.82, 2.24) is 20.8 Å². The molecule has 10 heteroatoms. The number of carbonyl (C=O) groups is 1. The van der Waals surface area contributed by atoms with Crippen molar-refractivity contribution in [3.05, 3.63) is 47.0 Å². The maximum Gasteiger partial charge on any atom is 0.237 e. The van der Waals surface area contributed by atoms with Gasteiger partial charge in [0, 0.05) is 42.7 Å². The van der Waals surface area contributed by atoms with E-state index in [9.17, 15) is 13.8 Å². The molecule has 0 bridgehead atoms. The summed E-state index contributed by atoms with van der Waals surface area (Å²) in [7, 11) is -2.88. The van der Waals surface area contributed by atoms with Crippen molar-refractivity contribution in [2.75, 3.05) is 30.3 Å². The molecule has 0 spiro atoms. The number of nitrogens with one attached hydrogen (secondary N) is 2. The minimum absolute atomic E-state index is 0.0442. The van der Waals surface area contributed by atoms with E-state index in [1.807, 2.05) is 4.90 Å². The van der Waals surface area contributed by atoms with Crippen LogP contribution in [-0.2, 0) is 15.8 Å². The van der Waals surface area contributed by atoms with E-state index in [1.54, 1.807) is 24.5 Å². The zero-order chi connectivity index (χ0) is 23.0. The summed E-state index contributed by atoms with van der Waals surface area (Å²) in [4.78, 5) is 22.7. The van der Waals surface area contributed by atoms with E-state index in [0.29, 0.717) is 48.1 Å². The van der Waals surface area contributed by atoms with Crippen molar-refractivity contribution in [3.8, 4) is 0 Å². The van der Waals surface area contributed by atoms with Crippen molar-refractivity contribution < 1.29 is 13.8 Å². The summed E-state index contributed by atoms with van der Waals surface area (Å²) in [6, 6.07) is 5.11. The molecule has 33 heavy (non-hydrogen) atoms. The highest BCUT2D eigenvalue weighted by Gasteiger charge is 2.40. The number of hydrogen-bond donors (Lipinski definition) is 2. The first-order valence-corrected chi connectivity index (χ1v) is 14.0. The first kappa shape index (κ1) is 22.8. The smallest absolute Gasteiger partial charge is 0.237 e. The molecule has 3 heterocycles. The largest absolute Gasteiger partial charge is 0.340 e. The van der Waals surface area contributed by atoms with Crippen LogP contribution in [0.25, 0.3) is 0 Å². The fourth-order valence-electron chi connectivity index (χ4n) is 5.48. The quantitative estimate of drug-likeness (QED) is 0.639. The number of halogens is 2. The lowest BCUT2D eigenvalue weighted by molar-refractivity contribution is -0.133. The molecule has 2 aromatic rings. The van der Waals surface area contributed by atoms with Crippen LogP contribution < -0.4 is 21.1 Å². The predicted octanol–water partition coefficient (Wildman–Crippen LogP) is 3.13. The van der Waals surface area contributed by atoms with E-state index in [1.165, 1.54) is 6.07 Å². The fraction of sp³-hybridized carbons (Fsp3) is 0.522. The zero-order valence-corrected chi connectivity index (χ0v) is 20.0. The molecule has 2 saturated heterocycles. The monoisotopic (exact) mass is 491 g/mol. The van der Waals surface area contributed by atoms with Crippen molar-refractivity contribution in [1.29, 1.82) is 0 Å². The third-order valence-corrected chi connectivity index (χ3v) is 10.6. The molecule has 1 aromatic heterocycles. The highest BCUT2D eigenvalue weighted by Crippen LogP contribution is 2.47. The number of carbonyl (C=O) groups excluding carboxylic acids is 1. The van der Waals surface area contributed by atoms with E-state index in [-0.39, 0.29) is 23.8 Å². The first-order chi connectivity index (χ1) is 15.9. The van der Waals surface area contributed by atoms with Gasteiger partial charge in [-0.05, 0) is 42.9 Å².